The first-order valence-electron chi connectivity index (χ1n) is 4.54. The summed E-state index contributed by atoms with van der Waals surface area (Å²) < 4.78 is 0. The molecule has 70 valence electrons. The predicted octanol–water partition coefficient (Wildman–Crippen LogP) is 1.51. The van der Waals surface area contributed by atoms with Crippen molar-refractivity contribution in [2.75, 3.05) is 0 Å². The largest absolute Gasteiger partial charge is 0.550 e. The Labute approximate surface area is 74.3 Å². The van der Waals surface area contributed by atoms with Crippen LogP contribution in [0, 0.1) is 5.92 Å². The molecule has 0 heterocycles. The zero-order valence-corrected chi connectivity index (χ0v) is 7.71. The van der Waals surface area contributed by atoms with E-state index in [1.54, 1.807) is 6.08 Å². The molecule has 0 aliphatic carbocycles. The highest BCUT2D eigenvalue weighted by atomic mass is 16.4. The lowest BCUT2D eigenvalue weighted by Crippen LogP contribution is -2.30. The highest BCUT2D eigenvalue weighted by Crippen LogP contribution is 2.13. The molecule has 0 aromatic heterocycles. The van der Waals surface area contributed by atoms with Crippen molar-refractivity contribution < 1.29 is 9.90 Å². The summed E-state index contributed by atoms with van der Waals surface area (Å²) in [6, 6.07) is 0. The van der Waals surface area contributed by atoms with Gasteiger partial charge in [-0.15, -0.1) is 6.58 Å². The number of carbonyl (C=O) groups is 1. The van der Waals surface area contributed by atoms with Gasteiger partial charge in [0.15, 0.2) is 0 Å². The summed E-state index contributed by atoms with van der Waals surface area (Å²) in [6.07, 6.45) is 6.10. The maximum atomic E-state index is 10.5. The van der Waals surface area contributed by atoms with E-state index < -0.39 is 5.97 Å². The van der Waals surface area contributed by atoms with E-state index in [0.29, 0.717) is 6.42 Å². The summed E-state index contributed by atoms with van der Waals surface area (Å²) in [5, 5.41) is 10.5. The van der Waals surface area contributed by atoms with Crippen LogP contribution >= 0.6 is 0 Å². The molecule has 0 spiro atoms. The summed E-state index contributed by atoms with van der Waals surface area (Å²) >= 11 is 0. The second-order valence-electron chi connectivity index (χ2n) is 3.04. The summed E-state index contributed by atoms with van der Waals surface area (Å²) in [5.41, 5.74) is 0. The van der Waals surface area contributed by atoms with Gasteiger partial charge in [0, 0.05) is 11.9 Å². The Balaban J connectivity index is 3.63. The van der Waals surface area contributed by atoms with Crippen LogP contribution in [0.25, 0.3) is 0 Å². The number of allylic oxidation sites excluding steroid dienone is 1. The van der Waals surface area contributed by atoms with Gasteiger partial charge in [0.05, 0.1) is 0 Å². The van der Waals surface area contributed by atoms with Gasteiger partial charge in [0.2, 0.25) is 0 Å². The molecule has 1 atom stereocenters. The average molecular weight is 169 g/mol. The van der Waals surface area contributed by atoms with Gasteiger partial charge < -0.3 is 9.90 Å². The topological polar surface area (TPSA) is 40.1 Å². The predicted molar refractivity (Wildman–Crippen MR) is 47.5 cm³/mol. The molecule has 0 bridgehead atoms. The smallest absolute Gasteiger partial charge is 0.0448 e. The lowest BCUT2D eigenvalue weighted by Gasteiger charge is -2.15. The van der Waals surface area contributed by atoms with Gasteiger partial charge in [-0.3, -0.25) is 0 Å². The molecular formula is C10H17O2-. The third-order valence-corrected chi connectivity index (χ3v) is 1.94. The molecule has 1 unspecified atom stereocenters. The quantitative estimate of drug-likeness (QED) is 0.428. The van der Waals surface area contributed by atoms with Crippen LogP contribution in [0.5, 0.6) is 0 Å². The first-order valence-corrected chi connectivity index (χ1v) is 4.54. The van der Waals surface area contributed by atoms with Crippen LogP contribution in [0.1, 0.15) is 39.0 Å². The second-order valence-corrected chi connectivity index (χ2v) is 3.04. The molecular weight excluding hydrogens is 152 g/mol. The molecule has 0 saturated carbocycles. The number of unbranched alkanes of at least 4 members (excludes halogenated alkanes) is 2. The minimum Gasteiger partial charge on any atom is -0.550 e. The highest BCUT2D eigenvalue weighted by molar-refractivity contribution is 5.67. The summed E-state index contributed by atoms with van der Waals surface area (Å²) in [5.74, 6) is -1.26. The number of carboxylic acid groups (broad SMARTS) is 1. The van der Waals surface area contributed by atoms with Crippen molar-refractivity contribution in [3.05, 3.63) is 12.7 Å². The number of rotatable bonds is 7. The van der Waals surface area contributed by atoms with Crippen LogP contribution in [0.3, 0.4) is 0 Å². The van der Waals surface area contributed by atoms with E-state index >= 15 is 0 Å². The lowest BCUT2D eigenvalue weighted by atomic mass is 9.98. The zero-order chi connectivity index (χ0) is 9.40. The minimum atomic E-state index is -0.939. The fourth-order valence-electron chi connectivity index (χ4n) is 1.17. The van der Waals surface area contributed by atoms with Crippen molar-refractivity contribution in [3.63, 3.8) is 0 Å². The SMILES string of the molecule is C=CCC(CCCCC)C(=O)[O-]. The minimum absolute atomic E-state index is 0.325. The molecule has 0 aliphatic heterocycles. The Morgan fingerprint density at radius 1 is 1.58 bits per heavy atom. The maximum Gasteiger partial charge on any atom is 0.0448 e. The third-order valence-electron chi connectivity index (χ3n) is 1.94. The van der Waals surface area contributed by atoms with E-state index in [1.165, 1.54) is 0 Å². The summed E-state index contributed by atoms with van der Waals surface area (Å²) in [6.45, 7) is 5.62. The zero-order valence-electron chi connectivity index (χ0n) is 7.71. The summed E-state index contributed by atoms with van der Waals surface area (Å²) in [7, 11) is 0. The number of hydrogen-bond acceptors (Lipinski definition) is 2. The number of carboxylic acids is 1. The van der Waals surface area contributed by atoms with Gasteiger partial charge >= 0.3 is 0 Å². The fraction of sp³-hybridized carbons (Fsp3) is 0.700. The van der Waals surface area contributed by atoms with Gasteiger partial charge in [0.1, 0.15) is 0 Å². The summed E-state index contributed by atoms with van der Waals surface area (Å²) in [4.78, 5) is 10.5. The Hall–Kier alpha value is -0.790. The van der Waals surface area contributed by atoms with Crippen LogP contribution in [0.4, 0.5) is 0 Å². The molecule has 0 fully saturated rings. The number of aliphatic carboxylic acids is 1. The first kappa shape index (κ1) is 11.2. The standard InChI is InChI=1S/C10H18O2/c1-3-5-6-8-9(7-4-2)10(11)12/h4,9H,2-3,5-8H2,1H3,(H,11,12)/p-1. The van der Waals surface area contributed by atoms with Crippen LogP contribution in [0.15, 0.2) is 12.7 Å². The van der Waals surface area contributed by atoms with Crippen molar-refractivity contribution in [2.24, 2.45) is 5.92 Å². The van der Waals surface area contributed by atoms with Gasteiger partial charge in [-0.1, -0.05) is 32.3 Å². The van der Waals surface area contributed by atoms with Crippen LogP contribution in [-0.4, -0.2) is 5.97 Å². The van der Waals surface area contributed by atoms with Crippen molar-refractivity contribution in [3.8, 4) is 0 Å². The molecule has 0 saturated heterocycles. The van der Waals surface area contributed by atoms with E-state index in [9.17, 15) is 9.90 Å². The van der Waals surface area contributed by atoms with E-state index in [-0.39, 0.29) is 5.92 Å². The van der Waals surface area contributed by atoms with Gasteiger partial charge in [-0.05, 0) is 12.8 Å². The Kier molecular flexibility index (Phi) is 6.44. The van der Waals surface area contributed by atoms with Crippen molar-refractivity contribution in [1.29, 1.82) is 0 Å². The molecule has 0 aromatic rings. The lowest BCUT2D eigenvalue weighted by molar-refractivity contribution is -0.311. The van der Waals surface area contributed by atoms with E-state index in [2.05, 4.69) is 13.5 Å². The number of carbonyl (C=O) groups excluding carboxylic acids is 1. The molecule has 0 N–H and O–H groups in total. The highest BCUT2D eigenvalue weighted by Gasteiger charge is 2.06. The van der Waals surface area contributed by atoms with Crippen molar-refractivity contribution >= 4 is 5.97 Å². The molecule has 2 nitrogen and oxygen atoms in total. The van der Waals surface area contributed by atoms with E-state index in [0.717, 1.165) is 25.7 Å². The average Bonchev–Trinajstić information content (AvgIpc) is 2.03. The van der Waals surface area contributed by atoms with E-state index in [4.69, 9.17) is 0 Å². The Morgan fingerprint density at radius 2 is 2.25 bits per heavy atom. The molecule has 12 heavy (non-hydrogen) atoms. The first-order chi connectivity index (χ1) is 5.72. The molecule has 0 radical (unpaired) electrons. The van der Waals surface area contributed by atoms with Gasteiger partial charge in [0.25, 0.3) is 0 Å². The molecule has 0 aliphatic rings. The molecule has 2 heteroatoms. The molecule has 0 rings (SSSR count). The Bertz CT molecular complexity index is 141. The molecule has 0 amide bonds. The van der Waals surface area contributed by atoms with Crippen molar-refractivity contribution in [2.45, 2.75) is 39.0 Å². The van der Waals surface area contributed by atoms with Crippen LogP contribution in [-0.2, 0) is 4.79 Å². The normalized spacial score (nSPS) is 12.4. The third kappa shape index (κ3) is 4.94. The Morgan fingerprint density at radius 3 is 2.67 bits per heavy atom. The number of hydrogen-bond donors (Lipinski definition) is 0. The second kappa shape index (κ2) is 6.89. The molecule has 0 aromatic carbocycles. The monoisotopic (exact) mass is 169 g/mol. The maximum absolute atomic E-state index is 10.5. The van der Waals surface area contributed by atoms with Crippen LogP contribution < -0.4 is 5.11 Å². The van der Waals surface area contributed by atoms with Crippen molar-refractivity contribution in [1.82, 2.24) is 0 Å². The van der Waals surface area contributed by atoms with E-state index in [1.807, 2.05) is 0 Å². The van der Waals surface area contributed by atoms with Crippen LogP contribution in [0.2, 0.25) is 0 Å². The fourth-order valence-corrected chi connectivity index (χ4v) is 1.17. The van der Waals surface area contributed by atoms with Gasteiger partial charge in [-0.2, -0.15) is 0 Å². The van der Waals surface area contributed by atoms with Gasteiger partial charge in [-0.25, -0.2) is 0 Å².